The molecule has 10 heteroatoms. The fourth-order valence-electron chi connectivity index (χ4n) is 3.43. The quantitative estimate of drug-likeness (QED) is 0.555. The Kier molecular flexibility index (Phi) is 5.76. The highest BCUT2D eigenvalue weighted by molar-refractivity contribution is 8.01. The second-order valence-electron chi connectivity index (χ2n) is 7.00. The fourth-order valence-corrected chi connectivity index (χ4v) is 6.64. The molecule has 8 nitrogen and oxygen atoms in total. The lowest BCUT2D eigenvalue weighted by Gasteiger charge is -2.43. The molecule has 1 atom stereocenters. The van der Waals surface area contributed by atoms with Crippen molar-refractivity contribution in [3.63, 3.8) is 0 Å². The summed E-state index contributed by atoms with van der Waals surface area (Å²) < 4.78 is 26.7. The second-order valence-corrected chi connectivity index (χ2v) is 10.6. The molecule has 0 radical (unpaired) electrons. The summed E-state index contributed by atoms with van der Waals surface area (Å²) in [5.41, 5.74) is 3.05. The van der Waals surface area contributed by atoms with Gasteiger partial charge in [0.2, 0.25) is 10.0 Å². The van der Waals surface area contributed by atoms with Crippen molar-refractivity contribution >= 4 is 39.0 Å². The normalized spacial score (nSPS) is 23.0. The molecule has 0 spiro atoms. The highest BCUT2D eigenvalue weighted by Crippen LogP contribution is 2.39. The molecule has 0 aromatic carbocycles. The Morgan fingerprint density at radius 1 is 1.32 bits per heavy atom. The molecule has 1 amide bonds. The van der Waals surface area contributed by atoms with Gasteiger partial charge in [-0.2, -0.15) is 16.1 Å². The molecule has 3 rings (SSSR count). The van der Waals surface area contributed by atoms with Crippen LogP contribution in [0.1, 0.15) is 25.8 Å². The van der Waals surface area contributed by atoms with E-state index in [-0.39, 0.29) is 17.9 Å². The molecule has 0 saturated carbocycles. The Morgan fingerprint density at radius 2 is 2.00 bits per heavy atom. The third kappa shape index (κ3) is 3.77. The van der Waals surface area contributed by atoms with Gasteiger partial charge in [0.15, 0.2) is 5.78 Å². The predicted octanol–water partition coefficient (Wildman–Crippen LogP) is 1.35. The summed E-state index contributed by atoms with van der Waals surface area (Å²) in [7, 11) is -4.21. The van der Waals surface area contributed by atoms with E-state index in [0.29, 0.717) is 11.3 Å². The Bertz CT molecular complexity index is 955. The van der Waals surface area contributed by atoms with Gasteiger partial charge in [-0.3, -0.25) is 19.8 Å². The number of nitrogens with zero attached hydrogens (tertiary/aromatic N) is 2. The molecule has 1 aliphatic carbocycles. The monoisotopic (exact) mass is 423 g/mol. The number of rotatable bonds is 4. The predicted molar refractivity (Wildman–Crippen MR) is 106 cm³/mol. The summed E-state index contributed by atoms with van der Waals surface area (Å²) in [6.07, 6.45) is 6.04. The van der Waals surface area contributed by atoms with E-state index in [2.05, 4.69) is 4.98 Å². The number of pyridine rings is 1. The molecule has 1 aliphatic heterocycles. The van der Waals surface area contributed by atoms with Crippen LogP contribution in [0, 0.1) is 0 Å². The van der Waals surface area contributed by atoms with Crippen molar-refractivity contribution in [2.75, 3.05) is 12.3 Å². The average Bonchev–Trinajstić information content (AvgIpc) is 2.67. The van der Waals surface area contributed by atoms with Crippen molar-refractivity contribution in [1.82, 2.24) is 14.8 Å². The van der Waals surface area contributed by atoms with Crippen LogP contribution in [0.4, 0.5) is 0 Å². The zero-order valence-electron chi connectivity index (χ0n) is 15.5. The second kappa shape index (κ2) is 7.78. The fraction of sp³-hybridized carbons (Fsp3) is 0.389. The highest BCUT2D eigenvalue weighted by atomic mass is 32.2. The van der Waals surface area contributed by atoms with Gasteiger partial charge in [-0.05, 0) is 43.2 Å². The number of hydrogen-bond acceptors (Lipinski definition) is 7. The standard InChI is InChI=1S/C18H21N3O5S2/c1-18(2)16(17(23)20-24)21(9-10-27-18)28(25,26)15-4-3-13(11-14(15)22)12-5-7-19-8-6-12/h3-8,16,24H,9-11H2,1-2H3,(H,20,23)/t16-/m1/s1. The highest BCUT2D eigenvalue weighted by Gasteiger charge is 2.49. The van der Waals surface area contributed by atoms with Gasteiger partial charge in [-0.1, -0.05) is 6.08 Å². The SMILES string of the molecule is CC1(C)SCCN(S(=O)(=O)C2=CC=C(c3ccncc3)CC2=O)[C@@H]1C(=O)NO. The molecule has 1 fully saturated rings. The van der Waals surface area contributed by atoms with Gasteiger partial charge in [-0.15, -0.1) is 0 Å². The van der Waals surface area contributed by atoms with Gasteiger partial charge in [-0.25, -0.2) is 13.9 Å². The Morgan fingerprint density at radius 3 is 2.61 bits per heavy atom. The number of Topliss-reactive ketones (excluding diaryl/α,β-unsaturated/α-hetero) is 1. The largest absolute Gasteiger partial charge is 0.293 e. The molecule has 2 aliphatic rings. The first-order valence-corrected chi connectivity index (χ1v) is 11.1. The van der Waals surface area contributed by atoms with Crippen molar-refractivity contribution < 1.29 is 23.2 Å². The van der Waals surface area contributed by atoms with Crippen molar-refractivity contribution in [2.24, 2.45) is 0 Å². The van der Waals surface area contributed by atoms with E-state index in [1.165, 1.54) is 17.8 Å². The molecule has 2 heterocycles. The van der Waals surface area contributed by atoms with Crippen LogP contribution in [0.5, 0.6) is 0 Å². The minimum absolute atomic E-state index is 0.0576. The topological polar surface area (TPSA) is 117 Å². The Labute approximate surface area is 167 Å². The molecule has 1 saturated heterocycles. The molecular weight excluding hydrogens is 402 g/mol. The van der Waals surface area contributed by atoms with Crippen molar-refractivity contribution in [3.05, 3.63) is 47.1 Å². The summed E-state index contributed by atoms with van der Waals surface area (Å²) in [6.45, 7) is 3.54. The number of amides is 1. The van der Waals surface area contributed by atoms with Crippen LogP contribution >= 0.6 is 11.8 Å². The molecule has 2 N–H and O–H groups in total. The van der Waals surface area contributed by atoms with E-state index in [4.69, 9.17) is 5.21 Å². The van der Waals surface area contributed by atoms with Crippen molar-refractivity contribution in [2.45, 2.75) is 31.1 Å². The Hall–Kier alpha value is -2.01. The maximum atomic E-state index is 13.2. The van der Waals surface area contributed by atoms with E-state index < -0.39 is 32.5 Å². The molecular formula is C18H21N3O5S2. The molecule has 0 unspecified atom stereocenters. The number of hydroxylamine groups is 1. The summed E-state index contributed by atoms with van der Waals surface area (Å²) in [6, 6.07) is 2.36. The molecule has 0 bridgehead atoms. The minimum atomic E-state index is -4.21. The van der Waals surface area contributed by atoms with Gasteiger partial charge < -0.3 is 0 Å². The molecule has 150 valence electrons. The minimum Gasteiger partial charge on any atom is -0.293 e. The molecule has 1 aromatic rings. The number of nitrogens with one attached hydrogen (secondary N) is 1. The zero-order chi connectivity index (χ0) is 20.5. The van der Waals surface area contributed by atoms with E-state index in [1.54, 1.807) is 49.9 Å². The molecule has 28 heavy (non-hydrogen) atoms. The maximum absolute atomic E-state index is 13.2. The van der Waals surface area contributed by atoms with Crippen LogP contribution in [-0.2, 0) is 19.6 Å². The number of thioether (sulfide) groups is 1. The first-order valence-electron chi connectivity index (χ1n) is 8.62. The lowest BCUT2D eigenvalue weighted by Crippen LogP contribution is -2.61. The van der Waals surface area contributed by atoms with Crippen LogP contribution in [0.3, 0.4) is 0 Å². The number of sulfonamides is 1. The summed E-state index contributed by atoms with van der Waals surface area (Å²) >= 11 is 1.44. The summed E-state index contributed by atoms with van der Waals surface area (Å²) in [5.74, 6) is -0.882. The number of aromatic nitrogens is 1. The van der Waals surface area contributed by atoms with Crippen molar-refractivity contribution in [3.8, 4) is 0 Å². The van der Waals surface area contributed by atoms with Gasteiger partial charge in [0.25, 0.3) is 5.91 Å². The smallest absolute Gasteiger partial charge is 0.263 e. The van der Waals surface area contributed by atoms with Crippen LogP contribution in [0.15, 0.2) is 41.6 Å². The Balaban J connectivity index is 1.99. The number of carbonyl (C=O) groups is 2. The average molecular weight is 424 g/mol. The number of carbonyl (C=O) groups excluding carboxylic acids is 2. The third-order valence-electron chi connectivity index (χ3n) is 4.79. The summed E-state index contributed by atoms with van der Waals surface area (Å²) in [4.78, 5) is 28.5. The number of allylic oxidation sites excluding steroid dienone is 4. The first kappa shape index (κ1) is 20.7. The van der Waals surface area contributed by atoms with Crippen LogP contribution in [0.2, 0.25) is 0 Å². The maximum Gasteiger partial charge on any atom is 0.263 e. The number of hydrogen-bond donors (Lipinski definition) is 2. The van der Waals surface area contributed by atoms with Crippen LogP contribution in [0.25, 0.3) is 5.57 Å². The van der Waals surface area contributed by atoms with E-state index in [0.717, 1.165) is 9.87 Å². The zero-order valence-corrected chi connectivity index (χ0v) is 17.1. The molecule has 1 aromatic heterocycles. The van der Waals surface area contributed by atoms with Gasteiger partial charge in [0.05, 0.1) is 0 Å². The van der Waals surface area contributed by atoms with Gasteiger partial charge in [0, 0.05) is 35.9 Å². The van der Waals surface area contributed by atoms with Crippen LogP contribution < -0.4 is 5.48 Å². The van der Waals surface area contributed by atoms with E-state index in [1.807, 2.05) is 0 Å². The van der Waals surface area contributed by atoms with E-state index >= 15 is 0 Å². The van der Waals surface area contributed by atoms with Gasteiger partial charge in [0.1, 0.15) is 10.9 Å². The first-order chi connectivity index (χ1) is 13.2. The lowest BCUT2D eigenvalue weighted by atomic mass is 9.97. The third-order valence-corrected chi connectivity index (χ3v) is 8.07. The van der Waals surface area contributed by atoms with Crippen molar-refractivity contribution in [1.29, 1.82) is 0 Å². The number of ketones is 1. The van der Waals surface area contributed by atoms with Gasteiger partial charge >= 0.3 is 0 Å². The van der Waals surface area contributed by atoms with E-state index in [9.17, 15) is 18.0 Å². The lowest BCUT2D eigenvalue weighted by molar-refractivity contribution is -0.134. The van der Waals surface area contributed by atoms with Crippen LogP contribution in [-0.4, -0.2) is 57.7 Å². The summed E-state index contributed by atoms with van der Waals surface area (Å²) in [5, 5.41) is 9.10.